The molecule has 0 fully saturated rings. The highest BCUT2D eigenvalue weighted by molar-refractivity contribution is 14.1. The molecule has 0 amide bonds. The Hall–Kier alpha value is -0.650. The van der Waals surface area contributed by atoms with Gasteiger partial charge in [-0.05, 0) is 52.8 Å². The second kappa shape index (κ2) is 5.33. The first-order valence-electron chi connectivity index (χ1n) is 5.12. The predicted octanol–water partition coefficient (Wildman–Crippen LogP) is 3.73. The lowest BCUT2D eigenvalue weighted by Crippen LogP contribution is -2.01. The van der Waals surface area contributed by atoms with E-state index in [-0.39, 0.29) is 0 Å². The fourth-order valence-electron chi connectivity index (χ4n) is 1.60. The number of aliphatic hydroxyl groups is 1. The summed E-state index contributed by atoms with van der Waals surface area (Å²) in [5, 5.41) is 10.9. The number of nitrogens with zero attached hydrogens (tertiary/aromatic N) is 1. The van der Waals surface area contributed by atoms with Crippen molar-refractivity contribution in [3.8, 4) is 0 Å². The minimum absolute atomic E-state index is 0.655. The van der Waals surface area contributed by atoms with Gasteiger partial charge in [0.05, 0.1) is 5.02 Å². The van der Waals surface area contributed by atoms with Gasteiger partial charge in [-0.3, -0.25) is 4.98 Å². The van der Waals surface area contributed by atoms with Crippen LogP contribution in [0.25, 0.3) is 0 Å². The van der Waals surface area contributed by atoms with Crippen molar-refractivity contribution in [3.63, 3.8) is 0 Å². The third-order valence-corrected chi connectivity index (χ3v) is 4.04. The molecule has 0 saturated heterocycles. The molecular weight excluding hydrogens is 349 g/mol. The summed E-state index contributed by atoms with van der Waals surface area (Å²) in [7, 11) is 0. The summed E-state index contributed by atoms with van der Waals surface area (Å²) in [5.74, 6) is 0. The smallest absolute Gasteiger partial charge is 0.106 e. The summed E-state index contributed by atoms with van der Waals surface area (Å²) in [6.45, 7) is 1.95. The Bertz CT molecular complexity index is 545. The molecule has 17 heavy (non-hydrogen) atoms. The van der Waals surface area contributed by atoms with E-state index in [1.807, 2.05) is 25.1 Å². The van der Waals surface area contributed by atoms with Gasteiger partial charge in [0, 0.05) is 21.5 Å². The highest BCUT2D eigenvalue weighted by atomic mass is 127. The maximum Gasteiger partial charge on any atom is 0.106 e. The van der Waals surface area contributed by atoms with Gasteiger partial charge in [-0.15, -0.1) is 0 Å². The number of hydrogen-bond donors (Lipinski definition) is 1. The maximum atomic E-state index is 10.2. The number of rotatable bonds is 2. The van der Waals surface area contributed by atoms with E-state index in [9.17, 15) is 5.11 Å². The van der Waals surface area contributed by atoms with E-state index < -0.39 is 6.10 Å². The Morgan fingerprint density at radius 1 is 1.24 bits per heavy atom. The molecule has 1 atom stereocenters. The lowest BCUT2D eigenvalue weighted by molar-refractivity contribution is 0.220. The quantitative estimate of drug-likeness (QED) is 0.829. The fraction of sp³-hybridized carbons (Fsp3) is 0.154. The van der Waals surface area contributed by atoms with Crippen molar-refractivity contribution in [3.05, 3.63) is 61.9 Å². The molecule has 0 aliphatic rings. The summed E-state index contributed by atoms with van der Waals surface area (Å²) in [4.78, 5) is 4.08. The second-order valence-electron chi connectivity index (χ2n) is 3.87. The van der Waals surface area contributed by atoms with Crippen LogP contribution in [0.3, 0.4) is 0 Å². The Morgan fingerprint density at radius 2 is 2.00 bits per heavy atom. The van der Waals surface area contributed by atoms with Crippen LogP contribution in [0.15, 0.2) is 36.7 Å². The van der Waals surface area contributed by atoms with Crippen molar-refractivity contribution in [2.45, 2.75) is 13.0 Å². The molecular formula is C13H11ClINO. The molecule has 0 spiro atoms. The number of aliphatic hydroxyl groups excluding tert-OH is 1. The number of aryl methyl sites for hydroxylation is 1. The zero-order valence-corrected chi connectivity index (χ0v) is 12.1. The van der Waals surface area contributed by atoms with Crippen molar-refractivity contribution in [1.82, 2.24) is 4.98 Å². The first kappa shape index (κ1) is 12.8. The molecule has 4 heteroatoms. The van der Waals surface area contributed by atoms with E-state index >= 15 is 0 Å². The van der Waals surface area contributed by atoms with Crippen LogP contribution in [-0.2, 0) is 0 Å². The maximum absolute atomic E-state index is 10.2. The Labute approximate surface area is 119 Å². The van der Waals surface area contributed by atoms with E-state index in [0.29, 0.717) is 5.02 Å². The standard InChI is InChI=1S/C13H11ClINO/c1-8-4-10(7-16-6-8)13(17)9-2-3-12(15)11(14)5-9/h2-7,13,17H,1H3. The van der Waals surface area contributed by atoms with Crippen LogP contribution in [0.5, 0.6) is 0 Å². The van der Waals surface area contributed by atoms with Gasteiger partial charge in [-0.25, -0.2) is 0 Å². The van der Waals surface area contributed by atoms with Gasteiger partial charge < -0.3 is 5.11 Å². The molecule has 0 aliphatic heterocycles. The van der Waals surface area contributed by atoms with E-state index in [1.54, 1.807) is 18.5 Å². The van der Waals surface area contributed by atoms with Crippen molar-refractivity contribution in [1.29, 1.82) is 0 Å². The minimum atomic E-state index is -0.683. The van der Waals surface area contributed by atoms with Gasteiger partial charge in [0.15, 0.2) is 0 Å². The molecule has 0 bridgehead atoms. The number of pyridine rings is 1. The van der Waals surface area contributed by atoms with Crippen LogP contribution < -0.4 is 0 Å². The topological polar surface area (TPSA) is 33.1 Å². The van der Waals surface area contributed by atoms with Crippen LogP contribution in [0, 0.1) is 10.5 Å². The van der Waals surface area contributed by atoms with Crippen molar-refractivity contribution >= 4 is 34.2 Å². The predicted molar refractivity (Wildman–Crippen MR) is 77.2 cm³/mol. The fourth-order valence-corrected chi connectivity index (χ4v) is 2.13. The molecule has 1 heterocycles. The molecule has 0 radical (unpaired) electrons. The number of aromatic nitrogens is 1. The summed E-state index contributed by atoms with van der Waals surface area (Å²) in [6.07, 6.45) is 2.75. The van der Waals surface area contributed by atoms with Gasteiger partial charge in [0.25, 0.3) is 0 Å². The van der Waals surface area contributed by atoms with Gasteiger partial charge in [0.1, 0.15) is 6.10 Å². The highest BCUT2D eigenvalue weighted by Gasteiger charge is 2.12. The highest BCUT2D eigenvalue weighted by Crippen LogP contribution is 2.27. The normalized spacial score (nSPS) is 12.5. The SMILES string of the molecule is Cc1cncc(C(O)c2ccc(I)c(Cl)c2)c1. The van der Waals surface area contributed by atoms with Crippen molar-refractivity contribution in [2.24, 2.45) is 0 Å². The number of hydrogen-bond acceptors (Lipinski definition) is 2. The summed E-state index contributed by atoms with van der Waals surface area (Å²) in [5.41, 5.74) is 2.59. The molecule has 1 aromatic carbocycles. The molecule has 2 aromatic rings. The molecule has 1 N–H and O–H groups in total. The van der Waals surface area contributed by atoms with Crippen LogP contribution >= 0.6 is 34.2 Å². The second-order valence-corrected chi connectivity index (χ2v) is 5.44. The molecule has 2 rings (SSSR count). The number of halogens is 2. The average Bonchev–Trinajstić information content (AvgIpc) is 2.32. The molecule has 0 aliphatic carbocycles. The van der Waals surface area contributed by atoms with E-state index in [4.69, 9.17) is 11.6 Å². The molecule has 1 unspecified atom stereocenters. The Morgan fingerprint density at radius 3 is 2.65 bits per heavy atom. The van der Waals surface area contributed by atoms with E-state index in [1.165, 1.54) is 0 Å². The third kappa shape index (κ3) is 2.97. The Balaban J connectivity index is 2.36. The minimum Gasteiger partial charge on any atom is -0.384 e. The van der Waals surface area contributed by atoms with Crippen LogP contribution in [0.4, 0.5) is 0 Å². The van der Waals surface area contributed by atoms with Crippen molar-refractivity contribution < 1.29 is 5.11 Å². The zero-order valence-electron chi connectivity index (χ0n) is 9.19. The lowest BCUT2D eigenvalue weighted by atomic mass is 10.0. The summed E-state index contributed by atoms with van der Waals surface area (Å²) in [6, 6.07) is 7.48. The zero-order chi connectivity index (χ0) is 12.4. The molecule has 1 aromatic heterocycles. The van der Waals surface area contributed by atoms with Gasteiger partial charge in [0.2, 0.25) is 0 Å². The monoisotopic (exact) mass is 359 g/mol. The van der Waals surface area contributed by atoms with Gasteiger partial charge >= 0.3 is 0 Å². The molecule has 0 saturated carbocycles. The first-order chi connectivity index (χ1) is 8.08. The van der Waals surface area contributed by atoms with Gasteiger partial charge in [-0.1, -0.05) is 23.7 Å². The largest absolute Gasteiger partial charge is 0.384 e. The third-order valence-electron chi connectivity index (χ3n) is 2.47. The van der Waals surface area contributed by atoms with Crippen LogP contribution in [-0.4, -0.2) is 10.1 Å². The van der Waals surface area contributed by atoms with Gasteiger partial charge in [-0.2, -0.15) is 0 Å². The first-order valence-corrected chi connectivity index (χ1v) is 6.58. The average molecular weight is 360 g/mol. The summed E-state index contributed by atoms with van der Waals surface area (Å²) >= 11 is 8.20. The number of benzene rings is 1. The van der Waals surface area contributed by atoms with E-state index in [0.717, 1.165) is 20.3 Å². The Kier molecular flexibility index (Phi) is 4.01. The van der Waals surface area contributed by atoms with E-state index in [2.05, 4.69) is 27.6 Å². The summed E-state index contributed by atoms with van der Waals surface area (Å²) < 4.78 is 0.975. The molecule has 2 nitrogen and oxygen atoms in total. The van der Waals surface area contributed by atoms with Crippen molar-refractivity contribution in [2.75, 3.05) is 0 Å². The van der Waals surface area contributed by atoms with Crippen LogP contribution in [0.1, 0.15) is 22.8 Å². The molecule has 88 valence electrons. The van der Waals surface area contributed by atoms with Crippen LogP contribution in [0.2, 0.25) is 5.02 Å². The lowest BCUT2D eigenvalue weighted by Gasteiger charge is -2.12.